The molecule has 1 aliphatic rings. The fraction of sp³-hybridized carbons (Fsp3) is 0. The number of hydrogen-bond acceptors (Lipinski definition) is 3. The zero-order valence-corrected chi connectivity index (χ0v) is 12.6. The Hall–Kier alpha value is -2.85. The molecule has 2 aromatic carbocycles. The van der Waals surface area contributed by atoms with Crippen molar-refractivity contribution in [2.45, 2.75) is 0 Å². The van der Waals surface area contributed by atoms with Crippen LogP contribution in [-0.4, -0.2) is 11.7 Å². The number of rotatable bonds is 2. The third kappa shape index (κ3) is 2.33. The largest absolute Gasteiger partial charge is 0.453 e. The van der Waals surface area contributed by atoms with E-state index in [1.807, 2.05) is 18.2 Å². The van der Waals surface area contributed by atoms with Crippen LogP contribution in [0.25, 0.3) is 16.5 Å². The SMILES string of the molecule is O=C1Nc2ccc(Cl)cc2/C1=C/C(=O)c1cc2ccccc2o1. The summed E-state index contributed by atoms with van der Waals surface area (Å²) in [7, 11) is 0. The van der Waals surface area contributed by atoms with Gasteiger partial charge in [0.25, 0.3) is 5.91 Å². The number of halogens is 1. The summed E-state index contributed by atoms with van der Waals surface area (Å²) in [6.07, 6.45) is 1.29. The van der Waals surface area contributed by atoms with Crippen LogP contribution in [0.2, 0.25) is 5.02 Å². The molecule has 2 heterocycles. The lowest BCUT2D eigenvalue weighted by Crippen LogP contribution is -2.05. The van der Waals surface area contributed by atoms with E-state index in [9.17, 15) is 9.59 Å². The average molecular weight is 324 g/mol. The molecular formula is C18H10ClNO3. The van der Waals surface area contributed by atoms with Crippen LogP contribution in [0.5, 0.6) is 0 Å². The Morgan fingerprint density at radius 1 is 1.13 bits per heavy atom. The third-order valence-corrected chi connectivity index (χ3v) is 3.94. The van der Waals surface area contributed by atoms with E-state index in [-0.39, 0.29) is 23.0 Å². The molecule has 4 rings (SSSR count). The highest BCUT2D eigenvalue weighted by atomic mass is 35.5. The Morgan fingerprint density at radius 3 is 2.78 bits per heavy atom. The number of anilines is 1. The average Bonchev–Trinajstić information content (AvgIpc) is 3.09. The fourth-order valence-corrected chi connectivity index (χ4v) is 2.78. The van der Waals surface area contributed by atoms with Gasteiger partial charge in [-0.1, -0.05) is 29.8 Å². The van der Waals surface area contributed by atoms with Crippen LogP contribution in [0, 0.1) is 0 Å². The second-order valence-electron chi connectivity index (χ2n) is 5.21. The molecule has 0 fully saturated rings. The van der Waals surface area contributed by atoms with Gasteiger partial charge in [0.15, 0.2) is 5.76 Å². The molecule has 0 unspecified atom stereocenters. The van der Waals surface area contributed by atoms with Gasteiger partial charge in [-0.25, -0.2) is 0 Å². The second-order valence-corrected chi connectivity index (χ2v) is 5.65. The molecule has 0 aliphatic carbocycles. The fourth-order valence-electron chi connectivity index (χ4n) is 2.61. The van der Waals surface area contributed by atoms with E-state index >= 15 is 0 Å². The van der Waals surface area contributed by atoms with Crippen molar-refractivity contribution >= 4 is 45.5 Å². The monoisotopic (exact) mass is 323 g/mol. The zero-order valence-electron chi connectivity index (χ0n) is 11.8. The summed E-state index contributed by atoms with van der Waals surface area (Å²) in [5.41, 5.74) is 2.18. The van der Waals surface area contributed by atoms with Gasteiger partial charge in [-0.3, -0.25) is 9.59 Å². The number of hydrogen-bond donors (Lipinski definition) is 1. The molecule has 4 nitrogen and oxygen atoms in total. The summed E-state index contributed by atoms with van der Waals surface area (Å²) in [5, 5.41) is 4.05. The molecule has 0 bridgehead atoms. The molecule has 1 amide bonds. The maximum Gasteiger partial charge on any atom is 0.256 e. The Labute approximate surface area is 136 Å². The van der Waals surface area contributed by atoms with Gasteiger partial charge >= 0.3 is 0 Å². The van der Waals surface area contributed by atoms with E-state index in [0.29, 0.717) is 21.9 Å². The molecule has 23 heavy (non-hydrogen) atoms. The summed E-state index contributed by atoms with van der Waals surface area (Å²) < 4.78 is 5.54. The number of benzene rings is 2. The van der Waals surface area contributed by atoms with Crippen LogP contribution in [0.4, 0.5) is 5.69 Å². The van der Waals surface area contributed by atoms with Crippen molar-refractivity contribution in [3.05, 3.63) is 71.0 Å². The number of nitrogens with one attached hydrogen (secondary N) is 1. The summed E-state index contributed by atoms with van der Waals surface area (Å²) in [6, 6.07) is 14.1. The topological polar surface area (TPSA) is 59.3 Å². The lowest BCUT2D eigenvalue weighted by molar-refractivity contribution is -0.110. The Bertz CT molecular complexity index is 967. The lowest BCUT2D eigenvalue weighted by Gasteiger charge is -1.98. The zero-order chi connectivity index (χ0) is 16.0. The first kappa shape index (κ1) is 13.8. The Balaban J connectivity index is 1.76. The van der Waals surface area contributed by atoms with Crippen molar-refractivity contribution in [1.29, 1.82) is 0 Å². The summed E-state index contributed by atoms with van der Waals surface area (Å²) >= 11 is 5.97. The van der Waals surface area contributed by atoms with Crippen LogP contribution in [0.3, 0.4) is 0 Å². The number of amides is 1. The van der Waals surface area contributed by atoms with Crippen molar-refractivity contribution in [2.75, 3.05) is 5.32 Å². The molecule has 0 saturated carbocycles. The molecule has 0 saturated heterocycles. The van der Waals surface area contributed by atoms with Crippen LogP contribution >= 0.6 is 11.6 Å². The number of fused-ring (bicyclic) bond motifs is 2. The minimum absolute atomic E-state index is 0.196. The first-order chi connectivity index (χ1) is 11.1. The quantitative estimate of drug-likeness (QED) is 0.565. The molecule has 5 heteroatoms. The maximum atomic E-state index is 12.4. The molecule has 0 atom stereocenters. The first-order valence-corrected chi connectivity index (χ1v) is 7.35. The highest BCUT2D eigenvalue weighted by molar-refractivity contribution is 6.36. The van der Waals surface area contributed by atoms with Crippen LogP contribution < -0.4 is 5.32 Å². The van der Waals surface area contributed by atoms with Crippen LogP contribution in [-0.2, 0) is 4.79 Å². The summed E-state index contributed by atoms with van der Waals surface area (Å²) in [6.45, 7) is 0. The van der Waals surface area contributed by atoms with E-state index in [0.717, 1.165) is 5.39 Å². The van der Waals surface area contributed by atoms with Gasteiger partial charge in [0, 0.05) is 27.7 Å². The van der Waals surface area contributed by atoms with E-state index < -0.39 is 0 Å². The Morgan fingerprint density at radius 2 is 1.96 bits per heavy atom. The first-order valence-electron chi connectivity index (χ1n) is 6.98. The molecule has 1 N–H and O–H groups in total. The van der Waals surface area contributed by atoms with Crippen molar-refractivity contribution in [2.24, 2.45) is 0 Å². The van der Waals surface area contributed by atoms with Crippen LogP contribution in [0.15, 0.2) is 59.0 Å². The number of ketones is 1. The van der Waals surface area contributed by atoms with Crippen molar-refractivity contribution in [3.8, 4) is 0 Å². The Kier molecular flexibility index (Phi) is 3.06. The summed E-state index contributed by atoms with van der Waals surface area (Å²) in [5.74, 6) is -0.493. The van der Waals surface area contributed by atoms with Gasteiger partial charge in [-0.15, -0.1) is 0 Å². The van der Waals surface area contributed by atoms with E-state index in [4.69, 9.17) is 16.0 Å². The summed E-state index contributed by atoms with van der Waals surface area (Å²) in [4.78, 5) is 24.5. The van der Waals surface area contributed by atoms with Crippen molar-refractivity contribution < 1.29 is 14.0 Å². The second kappa shape index (κ2) is 5.11. The van der Waals surface area contributed by atoms with Gasteiger partial charge in [-0.2, -0.15) is 0 Å². The van der Waals surface area contributed by atoms with Gasteiger partial charge < -0.3 is 9.73 Å². The molecular weight excluding hydrogens is 314 g/mol. The molecule has 0 radical (unpaired) electrons. The molecule has 1 aliphatic heterocycles. The minimum Gasteiger partial charge on any atom is -0.453 e. The number of furan rings is 1. The van der Waals surface area contributed by atoms with Gasteiger partial charge in [0.05, 0.1) is 5.57 Å². The van der Waals surface area contributed by atoms with E-state index in [2.05, 4.69) is 5.32 Å². The molecule has 112 valence electrons. The van der Waals surface area contributed by atoms with Crippen molar-refractivity contribution in [3.63, 3.8) is 0 Å². The minimum atomic E-state index is -0.362. The number of allylic oxidation sites excluding steroid dienone is 1. The highest BCUT2D eigenvalue weighted by Crippen LogP contribution is 2.34. The molecule has 1 aromatic heterocycles. The standard InChI is InChI=1S/C18H10ClNO3/c19-11-5-6-14-12(8-11)13(18(22)20-14)9-15(21)17-7-10-3-1-2-4-16(10)23-17/h1-9H,(H,20,22)/b13-9-. The van der Waals surface area contributed by atoms with E-state index in [1.165, 1.54) is 6.08 Å². The number of carbonyl (C=O) groups is 2. The van der Waals surface area contributed by atoms with Crippen LogP contribution in [0.1, 0.15) is 16.1 Å². The van der Waals surface area contributed by atoms with E-state index in [1.54, 1.807) is 30.3 Å². The number of para-hydroxylation sites is 1. The van der Waals surface area contributed by atoms with Gasteiger partial charge in [0.1, 0.15) is 5.58 Å². The van der Waals surface area contributed by atoms with Gasteiger partial charge in [-0.05, 0) is 30.3 Å². The molecule has 0 spiro atoms. The molecule has 3 aromatic rings. The van der Waals surface area contributed by atoms with Gasteiger partial charge in [0.2, 0.25) is 5.78 Å². The number of carbonyl (C=O) groups excluding carboxylic acids is 2. The predicted molar refractivity (Wildman–Crippen MR) is 88.6 cm³/mol. The lowest BCUT2D eigenvalue weighted by atomic mass is 10.1. The maximum absolute atomic E-state index is 12.4. The van der Waals surface area contributed by atoms with Crippen molar-refractivity contribution in [1.82, 2.24) is 0 Å². The smallest absolute Gasteiger partial charge is 0.256 e. The highest BCUT2D eigenvalue weighted by Gasteiger charge is 2.26. The predicted octanol–water partition coefficient (Wildman–Crippen LogP) is 4.30. The normalized spacial score (nSPS) is 15.0. The third-order valence-electron chi connectivity index (χ3n) is 3.71.